The molecule has 0 amide bonds. The number of cyclic esters (lactones) is 1. The van der Waals surface area contributed by atoms with Crippen molar-refractivity contribution >= 4 is 11.8 Å². The van der Waals surface area contributed by atoms with E-state index in [1.807, 2.05) is 27.9 Å². The Morgan fingerprint density at radius 3 is 2.00 bits per heavy atom. The van der Waals surface area contributed by atoms with Crippen LogP contribution in [0.5, 0.6) is 0 Å². The molecule has 49 heavy (non-hydrogen) atoms. The van der Waals surface area contributed by atoms with Crippen LogP contribution in [0.1, 0.15) is 94.9 Å². The van der Waals surface area contributed by atoms with E-state index in [4.69, 9.17) is 23.7 Å². The van der Waals surface area contributed by atoms with Crippen LogP contribution in [0.15, 0.2) is 0 Å². The van der Waals surface area contributed by atoms with Gasteiger partial charge in [-0.25, -0.2) is 0 Å². The molecule has 13 heteroatoms. The van der Waals surface area contributed by atoms with Crippen molar-refractivity contribution in [3.8, 4) is 0 Å². The molecule has 0 spiro atoms. The number of carbonyl (C=O) groups excluding carboxylic acids is 2. The third-order valence-corrected chi connectivity index (χ3v) is 11.4. The molecule has 0 aromatic carbocycles. The summed E-state index contributed by atoms with van der Waals surface area (Å²) in [5.41, 5.74) is -3.29. The second kappa shape index (κ2) is 16.6. The monoisotopic (exact) mass is 704 g/mol. The number of aliphatic hydroxyl groups is 5. The Hall–Kier alpha value is -1.26. The summed E-state index contributed by atoms with van der Waals surface area (Å²) < 4.78 is 31.2. The number of quaternary nitrogens is 1. The topological polar surface area (TPSA) is 186 Å². The van der Waals surface area contributed by atoms with E-state index in [2.05, 4.69) is 0 Å². The fourth-order valence-electron chi connectivity index (χ4n) is 8.26. The van der Waals surface area contributed by atoms with Gasteiger partial charge in [0.25, 0.3) is 0 Å². The van der Waals surface area contributed by atoms with Gasteiger partial charge in [0.1, 0.15) is 24.0 Å². The van der Waals surface area contributed by atoms with Crippen molar-refractivity contribution in [2.24, 2.45) is 29.6 Å². The van der Waals surface area contributed by atoms with E-state index in [-0.39, 0.29) is 30.8 Å². The average molecular weight is 705 g/mol. The van der Waals surface area contributed by atoms with E-state index in [0.29, 0.717) is 12.8 Å². The van der Waals surface area contributed by atoms with Crippen LogP contribution >= 0.6 is 0 Å². The molecular formula is C36H66NO12+. The van der Waals surface area contributed by atoms with Crippen LogP contribution < -0.4 is 4.90 Å². The molecule has 0 bridgehead atoms. The summed E-state index contributed by atoms with van der Waals surface area (Å²) in [4.78, 5) is 28.7. The number of hydrogen-bond donors (Lipinski definition) is 6. The third kappa shape index (κ3) is 9.60. The first-order valence-electron chi connectivity index (χ1n) is 18.2. The van der Waals surface area contributed by atoms with Crippen LogP contribution in [0.4, 0.5) is 0 Å². The summed E-state index contributed by atoms with van der Waals surface area (Å²) in [5, 5.41) is 56.6. The number of ether oxygens (including phenoxy) is 5. The van der Waals surface area contributed by atoms with Gasteiger partial charge >= 0.3 is 5.97 Å². The first-order valence-corrected chi connectivity index (χ1v) is 18.2. The van der Waals surface area contributed by atoms with Gasteiger partial charge < -0.3 is 54.1 Å². The highest BCUT2D eigenvalue weighted by Crippen LogP contribution is 2.39. The van der Waals surface area contributed by atoms with E-state index in [1.165, 1.54) is 6.92 Å². The molecule has 0 unspecified atom stereocenters. The molecule has 18 atom stereocenters. The van der Waals surface area contributed by atoms with Crippen molar-refractivity contribution in [1.82, 2.24) is 0 Å². The quantitative estimate of drug-likeness (QED) is 0.212. The molecule has 3 heterocycles. The fourth-order valence-corrected chi connectivity index (χ4v) is 8.26. The summed E-state index contributed by atoms with van der Waals surface area (Å²) in [6.45, 7) is 16.9. The molecule has 3 aliphatic heterocycles. The predicted octanol–water partition coefficient (Wildman–Crippen LogP) is 0.600. The molecule has 3 aliphatic rings. The Morgan fingerprint density at radius 2 is 1.45 bits per heavy atom. The molecule has 3 fully saturated rings. The van der Waals surface area contributed by atoms with Crippen molar-refractivity contribution in [2.75, 3.05) is 14.1 Å². The van der Waals surface area contributed by atoms with Gasteiger partial charge in [-0.15, -0.1) is 0 Å². The van der Waals surface area contributed by atoms with Crippen LogP contribution in [-0.4, -0.2) is 130 Å². The maximum absolute atomic E-state index is 14.0. The number of hydrogen-bond acceptors (Lipinski definition) is 12. The standard InChI is InChI=1S/C36H65NO12/c1-13-25-19(4)28(39)20(5)27(38)17(2)15-36(10,44)32(49-34-29(40)24(37(11)12)14-18(3)45-34)21(6)30(22(7)33(42)47-25)48-26-16-35(9,43)31(41)23(8)46-26/h17-26,28-32,34,39-41,43-44H,13-16H2,1-12H3/p+1/t17-,18-,19+,20+,21+,22-,23+,24+,25-,26+,28+,29-,30+,31+,32-,34+,35-,36-/m1/s1. The maximum atomic E-state index is 14.0. The molecule has 0 saturated carbocycles. The van der Waals surface area contributed by atoms with Gasteiger partial charge in [-0.3, -0.25) is 9.59 Å². The smallest absolute Gasteiger partial charge is 0.311 e. The summed E-state index contributed by atoms with van der Waals surface area (Å²) in [5.74, 6) is -4.74. The Bertz CT molecular complexity index is 1100. The van der Waals surface area contributed by atoms with Gasteiger partial charge in [-0.2, -0.15) is 0 Å². The first-order chi connectivity index (χ1) is 22.5. The minimum atomic E-state index is -1.74. The zero-order valence-electron chi connectivity index (χ0n) is 31.7. The van der Waals surface area contributed by atoms with Crippen LogP contribution in [0.25, 0.3) is 0 Å². The molecule has 0 aliphatic carbocycles. The van der Waals surface area contributed by atoms with Gasteiger partial charge in [0.05, 0.1) is 61.7 Å². The highest BCUT2D eigenvalue weighted by molar-refractivity contribution is 5.83. The molecular weight excluding hydrogens is 638 g/mol. The van der Waals surface area contributed by atoms with Gasteiger partial charge in [0.15, 0.2) is 18.7 Å². The highest BCUT2D eigenvalue weighted by atomic mass is 16.7. The molecule has 6 N–H and O–H groups in total. The van der Waals surface area contributed by atoms with E-state index in [9.17, 15) is 35.1 Å². The lowest BCUT2D eigenvalue weighted by molar-refractivity contribution is -0.893. The van der Waals surface area contributed by atoms with Crippen LogP contribution in [-0.2, 0) is 33.3 Å². The summed E-state index contributed by atoms with van der Waals surface area (Å²) in [7, 11) is 3.87. The molecule has 0 aromatic rings. The second-order valence-corrected chi connectivity index (χ2v) is 16.2. The van der Waals surface area contributed by atoms with Crippen molar-refractivity contribution in [3.05, 3.63) is 0 Å². The van der Waals surface area contributed by atoms with Crippen molar-refractivity contribution in [3.63, 3.8) is 0 Å². The Balaban J connectivity index is 2.15. The fraction of sp³-hybridized carbons (Fsp3) is 0.944. The lowest BCUT2D eigenvalue weighted by atomic mass is 9.74. The lowest BCUT2D eigenvalue weighted by Crippen LogP contribution is -3.12. The maximum Gasteiger partial charge on any atom is 0.311 e. The molecule has 286 valence electrons. The lowest BCUT2D eigenvalue weighted by Gasteiger charge is -2.48. The number of likely N-dealkylation sites (N-methyl/N-ethyl adjacent to an activating group) is 1. The second-order valence-electron chi connectivity index (χ2n) is 16.2. The Morgan fingerprint density at radius 1 is 0.837 bits per heavy atom. The summed E-state index contributed by atoms with van der Waals surface area (Å²) in [6.07, 6.45) is -8.72. The van der Waals surface area contributed by atoms with Gasteiger partial charge in [-0.1, -0.05) is 34.6 Å². The van der Waals surface area contributed by atoms with Crippen molar-refractivity contribution < 1.29 is 63.7 Å². The normalized spacial score (nSPS) is 49.8. The van der Waals surface area contributed by atoms with Crippen LogP contribution in [0.3, 0.4) is 0 Å². The van der Waals surface area contributed by atoms with E-state index < -0.39 is 102 Å². The van der Waals surface area contributed by atoms with Crippen molar-refractivity contribution in [2.45, 2.75) is 174 Å². The molecule has 3 saturated heterocycles. The van der Waals surface area contributed by atoms with Crippen molar-refractivity contribution in [1.29, 1.82) is 0 Å². The molecule has 0 aromatic heterocycles. The molecule has 0 radical (unpaired) electrons. The number of Topliss-reactive ketones (excluding diaryl/α,β-unsaturated/α-hetero) is 1. The van der Waals surface area contributed by atoms with E-state index in [0.717, 1.165) is 4.90 Å². The van der Waals surface area contributed by atoms with E-state index in [1.54, 1.807) is 48.5 Å². The Labute approximate surface area is 292 Å². The first kappa shape index (κ1) is 42.2. The minimum absolute atomic E-state index is 0.0619. The zero-order chi connectivity index (χ0) is 37.3. The molecule has 13 nitrogen and oxygen atoms in total. The molecule has 3 rings (SSSR count). The van der Waals surface area contributed by atoms with E-state index >= 15 is 0 Å². The third-order valence-electron chi connectivity index (χ3n) is 11.4. The number of carbonyl (C=O) groups is 2. The van der Waals surface area contributed by atoms with Crippen LogP contribution in [0.2, 0.25) is 0 Å². The summed E-state index contributed by atoms with van der Waals surface area (Å²) in [6, 6.07) is -0.227. The van der Waals surface area contributed by atoms with Gasteiger partial charge in [-0.05, 0) is 47.5 Å². The SMILES string of the molecule is CC[C@H]1OC(=O)[C@H](C)[C@@H](O[C@H]2C[C@@](C)(O)[C@@H](O)[C@H](C)O2)[C@H](C)[C@@H](O[C@@H]2O[C@H](C)C[C@H]([NH+](C)C)[C@H]2O)[C@](C)(O)C[C@@H](C)C(=O)[C@H](C)[C@@H](O)[C@H]1C. The summed E-state index contributed by atoms with van der Waals surface area (Å²) >= 11 is 0. The predicted molar refractivity (Wildman–Crippen MR) is 179 cm³/mol. The largest absolute Gasteiger partial charge is 0.462 e. The van der Waals surface area contributed by atoms with Gasteiger partial charge in [0, 0.05) is 36.5 Å². The zero-order valence-corrected chi connectivity index (χ0v) is 31.7. The average Bonchev–Trinajstić information content (AvgIpc) is 3.01. The van der Waals surface area contributed by atoms with Crippen LogP contribution in [0, 0.1) is 29.6 Å². The number of ketones is 1. The Kier molecular flexibility index (Phi) is 14.3. The minimum Gasteiger partial charge on any atom is -0.462 e. The number of esters is 1. The van der Waals surface area contributed by atoms with Gasteiger partial charge in [0.2, 0.25) is 0 Å². The number of rotatable bonds is 6. The number of aliphatic hydroxyl groups excluding tert-OH is 3. The highest BCUT2D eigenvalue weighted by Gasteiger charge is 2.52. The number of nitrogens with one attached hydrogen (secondary N) is 1.